The van der Waals surface area contributed by atoms with Crippen molar-refractivity contribution < 1.29 is 4.74 Å². The van der Waals surface area contributed by atoms with Crippen LogP contribution in [-0.2, 0) is 20.1 Å². The first-order valence-electron chi connectivity index (χ1n) is 8.79. The lowest BCUT2D eigenvalue weighted by Gasteiger charge is -2.32. The first kappa shape index (κ1) is 17.0. The summed E-state index contributed by atoms with van der Waals surface area (Å²) in [4.78, 5) is 9.24. The van der Waals surface area contributed by atoms with Gasteiger partial charge < -0.3 is 19.1 Å². The molecule has 0 radical (unpaired) electrons. The molecule has 1 aliphatic rings. The molecule has 1 aromatic heterocycles. The van der Waals surface area contributed by atoms with Gasteiger partial charge in [-0.25, -0.2) is 4.98 Å². The monoisotopic (exact) mass is 328 g/mol. The van der Waals surface area contributed by atoms with E-state index in [4.69, 9.17) is 4.74 Å². The second-order valence-electron chi connectivity index (χ2n) is 6.64. The van der Waals surface area contributed by atoms with E-state index in [2.05, 4.69) is 46.1 Å². The third kappa shape index (κ3) is 4.82. The smallest absolute Gasteiger partial charge is 0.146 e. The number of nitrogens with zero attached hydrogens (tertiary/aromatic N) is 4. The number of imidazole rings is 1. The summed E-state index contributed by atoms with van der Waals surface area (Å²) in [6.07, 6.45) is 6.08. The van der Waals surface area contributed by atoms with E-state index < -0.39 is 0 Å². The number of ether oxygens (including phenoxy) is 1. The minimum absolute atomic E-state index is 0.506. The van der Waals surface area contributed by atoms with E-state index >= 15 is 0 Å². The lowest BCUT2D eigenvalue weighted by Crippen LogP contribution is -2.44. The van der Waals surface area contributed by atoms with Crippen LogP contribution in [0.2, 0.25) is 0 Å². The number of hydrogen-bond donors (Lipinski definition) is 0. The summed E-state index contributed by atoms with van der Waals surface area (Å²) in [5.41, 5.74) is 1.38. The van der Waals surface area contributed by atoms with Crippen LogP contribution in [-0.4, -0.2) is 59.1 Å². The molecule has 1 aromatic carbocycles. The zero-order chi connectivity index (χ0) is 16.8. The van der Waals surface area contributed by atoms with Crippen molar-refractivity contribution in [1.29, 1.82) is 0 Å². The van der Waals surface area contributed by atoms with Crippen LogP contribution in [0.4, 0.5) is 0 Å². The lowest BCUT2D eigenvalue weighted by atomic mass is 10.1. The van der Waals surface area contributed by atoms with Crippen LogP contribution in [0.5, 0.6) is 5.75 Å². The molecule has 24 heavy (non-hydrogen) atoms. The van der Waals surface area contributed by atoms with Gasteiger partial charge in [-0.15, -0.1) is 0 Å². The summed E-state index contributed by atoms with van der Waals surface area (Å²) in [7, 11) is 4.18. The molecular formula is C19H28N4O. The van der Waals surface area contributed by atoms with Crippen LogP contribution in [0.1, 0.15) is 17.8 Å². The van der Waals surface area contributed by atoms with Crippen molar-refractivity contribution in [1.82, 2.24) is 19.4 Å². The summed E-state index contributed by atoms with van der Waals surface area (Å²) in [6.45, 7) is 6.51. The normalized spacial score (nSPS) is 16.4. The summed E-state index contributed by atoms with van der Waals surface area (Å²) in [5, 5.41) is 0. The highest BCUT2D eigenvalue weighted by Crippen LogP contribution is 2.15. The van der Waals surface area contributed by atoms with Gasteiger partial charge in [0.25, 0.3) is 0 Å². The van der Waals surface area contributed by atoms with Crippen molar-refractivity contribution >= 4 is 0 Å². The Morgan fingerprint density at radius 2 is 1.79 bits per heavy atom. The van der Waals surface area contributed by atoms with Crippen molar-refractivity contribution in [3.8, 4) is 5.75 Å². The number of piperazine rings is 1. The van der Waals surface area contributed by atoms with Crippen LogP contribution in [0, 0.1) is 0 Å². The molecule has 0 bridgehead atoms. The number of aromatic nitrogens is 2. The molecule has 3 rings (SSSR count). The van der Waals surface area contributed by atoms with Gasteiger partial charge in [0.05, 0.1) is 0 Å². The van der Waals surface area contributed by atoms with Gasteiger partial charge in [0.2, 0.25) is 0 Å². The molecule has 5 heteroatoms. The van der Waals surface area contributed by atoms with E-state index in [1.165, 1.54) is 44.7 Å². The zero-order valence-electron chi connectivity index (χ0n) is 14.8. The molecule has 2 aromatic rings. The summed E-state index contributed by atoms with van der Waals surface area (Å²) >= 11 is 0. The minimum Gasteiger partial charge on any atom is -0.486 e. The molecule has 0 spiro atoms. The van der Waals surface area contributed by atoms with Crippen LogP contribution in [0.15, 0.2) is 36.7 Å². The Labute approximate surface area is 144 Å². The fraction of sp³-hybridized carbons (Fsp3) is 0.526. The Bertz CT molecular complexity index is 615. The van der Waals surface area contributed by atoms with Crippen LogP contribution < -0.4 is 4.74 Å². The predicted molar refractivity (Wildman–Crippen MR) is 96.2 cm³/mol. The van der Waals surface area contributed by atoms with E-state index in [-0.39, 0.29) is 0 Å². The van der Waals surface area contributed by atoms with Crippen molar-refractivity contribution in [2.45, 2.75) is 19.4 Å². The number of hydrogen-bond acceptors (Lipinski definition) is 4. The molecule has 5 nitrogen and oxygen atoms in total. The Balaban J connectivity index is 1.39. The molecule has 1 saturated heterocycles. The molecule has 2 heterocycles. The number of benzene rings is 1. The Morgan fingerprint density at radius 1 is 1.04 bits per heavy atom. The van der Waals surface area contributed by atoms with Gasteiger partial charge in [-0.1, -0.05) is 12.1 Å². The molecule has 0 unspecified atom stereocenters. The van der Waals surface area contributed by atoms with Crippen molar-refractivity contribution in [2.24, 2.45) is 7.05 Å². The van der Waals surface area contributed by atoms with E-state index in [0.717, 1.165) is 18.0 Å². The van der Waals surface area contributed by atoms with Crippen LogP contribution in [0.25, 0.3) is 0 Å². The van der Waals surface area contributed by atoms with Gasteiger partial charge in [0.1, 0.15) is 18.2 Å². The third-order valence-electron chi connectivity index (χ3n) is 4.75. The molecule has 0 atom stereocenters. The van der Waals surface area contributed by atoms with Gasteiger partial charge in [-0.05, 0) is 44.1 Å². The first-order valence-corrected chi connectivity index (χ1v) is 8.79. The lowest BCUT2D eigenvalue weighted by molar-refractivity contribution is 0.153. The minimum atomic E-state index is 0.506. The summed E-state index contributed by atoms with van der Waals surface area (Å²) in [6, 6.07) is 8.48. The maximum atomic E-state index is 5.80. The Kier molecular flexibility index (Phi) is 5.88. The number of rotatable bonds is 7. The van der Waals surface area contributed by atoms with Crippen molar-refractivity contribution in [2.75, 3.05) is 39.8 Å². The topological polar surface area (TPSA) is 33.5 Å². The quantitative estimate of drug-likeness (QED) is 0.780. The van der Waals surface area contributed by atoms with E-state index in [1.54, 1.807) is 6.20 Å². The van der Waals surface area contributed by atoms with Gasteiger partial charge >= 0.3 is 0 Å². The van der Waals surface area contributed by atoms with Gasteiger partial charge in [-0.2, -0.15) is 0 Å². The average Bonchev–Trinajstić information content (AvgIpc) is 3.01. The zero-order valence-corrected chi connectivity index (χ0v) is 14.8. The Hall–Kier alpha value is -1.85. The fourth-order valence-electron chi connectivity index (χ4n) is 3.01. The largest absolute Gasteiger partial charge is 0.486 e. The highest BCUT2D eigenvalue weighted by atomic mass is 16.5. The predicted octanol–water partition coefficient (Wildman–Crippen LogP) is 2.18. The standard InChI is InChI=1S/C19H28N4O/c1-21-12-14-23(15-13-21)10-3-4-17-5-7-18(8-6-17)24-16-19-20-9-11-22(19)2/h5-9,11H,3-4,10,12-16H2,1-2H3. The van der Waals surface area contributed by atoms with Crippen LogP contribution in [0.3, 0.4) is 0 Å². The van der Waals surface area contributed by atoms with E-state index in [9.17, 15) is 0 Å². The van der Waals surface area contributed by atoms with Crippen LogP contribution >= 0.6 is 0 Å². The van der Waals surface area contributed by atoms with Crippen molar-refractivity contribution in [3.05, 3.63) is 48.0 Å². The summed E-state index contributed by atoms with van der Waals surface area (Å²) < 4.78 is 7.78. The molecule has 0 saturated carbocycles. The fourth-order valence-corrected chi connectivity index (χ4v) is 3.01. The number of likely N-dealkylation sites (N-methyl/N-ethyl adjacent to an activating group) is 1. The molecule has 1 fully saturated rings. The van der Waals surface area contributed by atoms with E-state index in [1.807, 2.05) is 17.8 Å². The van der Waals surface area contributed by atoms with Crippen molar-refractivity contribution in [3.63, 3.8) is 0 Å². The average molecular weight is 328 g/mol. The third-order valence-corrected chi connectivity index (χ3v) is 4.75. The molecular weight excluding hydrogens is 300 g/mol. The molecule has 0 amide bonds. The Morgan fingerprint density at radius 3 is 2.46 bits per heavy atom. The first-order chi connectivity index (χ1) is 11.7. The summed E-state index contributed by atoms with van der Waals surface area (Å²) in [5.74, 6) is 1.84. The second kappa shape index (κ2) is 8.31. The number of aryl methyl sites for hydroxylation is 2. The molecule has 130 valence electrons. The molecule has 1 aliphatic heterocycles. The van der Waals surface area contributed by atoms with E-state index in [0.29, 0.717) is 6.61 Å². The maximum absolute atomic E-state index is 5.80. The van der Waals surface area contributed by atoms with Gasteiger partial charge in [0.15, 0.2) is 0 Å². The second-order valence-corrected chi connectivity index (χ2v) is 6.64. The SMILES string of the molecule is CN1CCN(CCCc2ccc(OCc3nccn3C)cc2)CC1. The maximum Gasteiger partial charge on any atom is 0.146 e. The highest BCUT2D eigenvalue weighted by molar-refractivity contribution is 5.27. The highest BCUT2D eigenvalue weighted by Gasteiger charge is 2.12. The van der Waals surface area contributed by atoms with Gasteiger partial charge in [0, 0.05) is 45.6 Å². The van der Waals surface area contributed by atoms with Gasteiger partial charge in [-0.3, -0.25) is 0 Å². The molecule has 0 N–H and O–H groups in total. The molecule has 0 aliphatic carbocycles.